The highest BCUT2D eigenvalue weighted by Gasteiger charge is 2.26. The number of aromatic nitrogens is 1. The van der Waals surface area contributed by atoms with Crippen molar-refractivity contribution >= 4 is 33.6 Å². The van der Waals surface area contributed by atoms with Crippen molar-refractivity contribution in [1.29, 1.82) is 0 Å². The molecule has 3 N–H and O–H groups in total. The van der Waals surface area contributed by atoms with Crippen molar-refractivity contribution in [1.82, 2.24) is 15.2 Å². The van der Waals surface area contributed by atoms with Gasteiger partial charge in [-0.05, 0) is 76.8 Å². The first-order chi connectivity index (χ1) is 19.2. The van der Waals surface area contributed by atoms with Gasteiger partial charge in [0.05, 0.1) is 16.3 Å². The lowest BCUT2D eigenvalue weighted by Crippen LogP contribution is -2.40. The van der Waals surface area contributed by atoms with Crippen LogP contribution in [-0.4, -0.2) is 53.8 Å². The van der Waals surface area contributed by atoms with Gasteiger partial charge < -0.3 is 20.1 Å². The number of nitrogens with zero attached hydrogens (tertiary/aromatic N) is 3. The number of aryl methyl sites for hydroxylation is 1. The standard InChI is InChI=1S/C31H39N5O3S/c1-31(2,3)39-30(37)35-29(32)33-18-9-5-6-11-22-12-10-13-23(21-22)27(38-24-16-19-36(4)20-17-24)28-34-25-14-7-8-15-26(25)40-28/h7-8,10,12-15,21,24,27H,5-6,11,16-17,19-20H2,1-4H3,(H3,32,33,35,37). The first kappa shape index (κ1) is 29.5. The summed E-state index contributed by atoms with van der Waals surface area (Å²) in [7, 11) is 2.16. The number of hydrogen-bond donors (Lipinski definition) is 2. The summed E-state index contributed by atoms with van der Waals surface area (Å²) in [6.45, 7) is 7.42. The van der Waals surface area contributed by atoms with Gasteiger partial charge in [-0.15, -0.1) is 11.3 Å². The maximum absolute atomic E-state index is 11.7. The summed E-state index contributed by atoms with van der Waals surface area (Å²) < 4.78 is 13.1. The highest BCUT2D eigenvalue weighted by molar-refractivity contribution is 7.18. The summed E-state index contributed by atoms with van der Waals surface area (Å²) in [6, 6.07) is 19.5. The normalized spacial score (nSPS) is 15.8. The first-order valence-corrected chi connectivity index (χ1v) is 14.6. The van der Waals surface area contributed by atoms with Gasteiger partial charge in [-0.25, -0.2) is 9.78 Å². The number of carbonyl (C=O) groups is 1. The van der Waals surface area contributed by atoms with Gasteiger partial charge in [0, 0.05) is 25.6 Å². The van der Waals surface area contributed by atoms with Crippen LogP contribution in [0.4, 0.5) is 4.79 Å². The molecule has 3 aromatic rings. The molecule has 1 aromatic heterocycles. The van der Waals surface area contributed by atoms with E-state index in [1.165, 1.54) is 10.3 Å². The molecule has 4 rings (SSSR count). The molecule has 2 aromatic carbocycles. The molecule has 1 saturated heterocycles. The van der Waals surface area contributed by atoms with Crippen LogP contribution in [0.3, 0.4) is 0 Å². The van der Waals surface area contributed by atoms with E-state index in [4.69, 9.17) is 20.2 Å². The van der Waals surface area contributed by atoms with Crippen LogP contribution in [0.15, 0.2) is 53.5 Å². The number of fused-ring (bicyclic) bond motifs is 1. The lowest BCUT2D eigenvalue weighted by Gasteiger charge is -2.31. The molecule has 0 saturated carbocycles. The van der Waals surface area contributed by atoms with E-state index in [9.17, 15) is 4.79 Å². The fourth-order valence-corrected chi connectivity index (χ4v) is 5.51. The molecule has 1 amide bonds. The molecule has 9 heteroatoms. The summed E-state index contributed by atoms with van der Waals surface area (Å²) in [6.07, 6.45) is 3.81. The number of unbranched alkanes of at least 4 members (excludes halogenated alkanes) is 1. The van der Waals surface area contributed by atoms with Crippen LogP contribution >= 0.6 is 11.3 Å². The minimum atomic E-state index is -0.653. The van der Waals surface area contributed by atoms with Crippen LogP contribution in [-0.2, 0) is 15.9 Å². The third-order valence-electron chi connectivity index (χ3n) is 6.43. The molecular weight excluding hydrogens is 522 g/mol. The Bertz CT molecular complexity index is 1340. The number of thiazole rings is 1. The predicted molar refractivity (Wildman–Crippen MR) is 161 cm³/mol. The maximum Gasteiger partial charge on any atom is 0.414 e. The first-order valence-electron chi connectivity index (χ1n) is 13.8. The summed E-state index contributed by atoms with van der Waals surface area (Å²) >= 11 is 1.71. The van der Waals surface area contributed by atoms with E-state index in [1.807, 2.05) is 6.07 Å². The Balaban J connectivity index is 1.38. The molecule has 1 fully saturated rings. The lowest BCUT2D eigenvalue weighted by atomic mass is 10.0. The van der Waals surface area contributed by atoms with Gasteiger partial charge in [0.15, 0.2) is 0 Å². The molecule has 40 heavy (non-hydrogen) atoms. The average Bonchev–Trinajstić information content (AvgIpc) is 3.33. The van der Waals surface area contributed by atoms with E-state index in [0.29, 0.717) is 6.42 Å². The van der Waals surface area contributed by atoms with Gasteiger partial charge in [0.25, 0.3) is 0 Å². The Hall–Kier alpha value is -3.45. The number of aliphatic imine (C=N–C) groups is 1. The quantitative estimate of drug-likeness (QED) is 0.168. The number of likely N-dealkylation sites (tertiary alicyclic amines) is 1. The number of guanidine groups is 1. The SMILES string of the molecule is CN1CCC(OC(c2cccc(CCCC#CN=C(N)NC(=O)OC(C)(C)C)c2)c2nc3ccccc3s2)CC1. The molecule has 8 nitrogen and oxygen atoms in total. The third-order valence-corrected chi connectivity index (χ3v) is 7.51. The summed E-state index contributed by atoms with van der Waals surface area (Å²) in [4.78, 5) is 22.9. The number of para-hydroxylation sites is 1. The van der Waals surface area contributed by atoms with Gasteiger partial charge in [-0.1, -0.05) is 42.3 Å². The Morgan fingerprint density at radius 3 is 2.75 bits per heavy atom. The second-order valence-corrected chi connectivity index (χ2v) is 12.1. The van der Waals surface area contributed by atoms with E-state index in [1.54, 1.807) is 32.1 Å². The van der Waals surface area contributed by atoms with Crippen LogP contribution in [0.2, 0.25) is 0 Å². The van der Waals surface area contributed by atoms with Crippen LogP contribution in [0.1, 0.15) is 68.7 Å². The van der Waals surface area contributed by atoms with Gasteiger partial charge >= 0.3 is 6.09 Å². The van der Waals surface area contributed by atoms with Crippen molar-refractivity contribution in [3.8, 4) is 12.0 Å². The molecule has 2 heterocycles. The number of benzene rings is 2. The van der Waals surface area contributed by atoms with Crippen LogP contribution in [0, 0.1) is 12.0 Å². The monoisotopic (exact) mass is 561 g/mol. The molecule has 1 aliphatic rings. The molecule has 0 aliphatic carbocycles. The average molecular weight is 562 g/mol. The van der Waals surface area contributed by atoms with Crippen molar-refractivity contribution in [2.75, 3.05) is 20.1 Å². The smallest absolute Gasteiger partial charge is 0.414 e. The number of alkyl carbamates (subject to hydrolysis) is 1. The highest BCUT2D eigenvalue weighted by Crippen LogP contribution is 2.35. The predicted octanol–water partition coefficient (Wildman–Crippen LogP) is 5.62. The van der Waals surface area contributed by atoms with Gasteiger partial charge in [0.2, 0.25) is 5.96 Å². The van der Waals surface area contributed by atoms with Gasteiger partial charge in [-0.2, -0.15) is 4.99 Å². The molecular formula is C31H39N5O3S. The van der Waals surface area contributed by atoms with Crippen molar-refractivity contribution < 1.29 is 14.3 Å². The Labute approximate surface area is 241 Å². The molecule has 1 unspecified atom stereocenters. The topological polar surface area (TPSA) is 102 Å². The number of carbonyl (C=O) groups excluding carboxylic acids is 1. The number of hydrogen-bond acceptors (Lipinski definition) is 7. The summed E-state index contributed by atoms with van der Waals surface area (Å²) in [5.41, 5.74) is 8.47. The van der Waals surface area contributed by atoms with Gasteiger partial charge in [-0.3, -0.25) is 5.32 Å². The summed E-state index contributed by atoms with van der Waals surface area (Å²) in [5.74, 6) is 2.91. The number of piperidine rings is 1. The van der Waals surface area contributed by atoms with E-state index in [2.05, 4.69) is 76.7 Å². The fraction of sp³-hybridized carbons (Fsp3) is 0.452. The van der Waals surface area contributed by atoms with Crippen molar-refractivity contribution in [3.05, 3.63) is 64.7 Å². The van der Waals surface area contributed by atoms with Crippen LogP contribution in [0.5, 0.6) is 0 Å². The Kier molecular flexibility index (Phi) is 10.2. The minimum Gasteiger partial charge on any atom is -0.444 e. The zero-order valence-electron chi connectivity index (χ0n) is 23.8. The molecule has 0 spiro atoms. The second-order valence-electron chi connectivity index (χ2n) is 11.0. The molecule has 0 bridgehead atoms. The second kappa shape index (κ2) is 13.8. The van der Waals surface area contributed by atoms with Crippen LogP contribution in [0.25, 0.3) is 10.2 Å². The number of amides is 1. The van der Waals surface area contributed by atoms with E-state index < -0.39 is 11.7 Å². The number of nitrogens with one attached hydrogen (secondary N) is 1. The zero-order chi connectivity index (χ0) is 28.5. The van der Waals surface area contributed by atoms with Crippen molar-refractivity contribution in [3.63, 3.8) is 0 Å². The number of rotatable bonds is 7. The Morgan fingerprint density at radius 1 is 1.23 bits per heavy atom. The lowest BCUT2D eigenvalue weighted by molar-refractivity contribution is -0.0234. The Morgan fingerprint density at radius 2 is 2.00 bits per heavy atom. The largest absolute Gasteiger partial charge is 0.444 e. The van der Waals surface area contributed by atoms with Crippen LogP contribution < -0.4 is 11.1 Å². The minimum absolute atomic E-state index is 0.0834. The molecule has 0 radical (unpaired) electrons. The third kappa shape index (κ3) is 9.05. The van der Waals surface area contributed by atoms with E-state index in [-0.39, 0.29) is 18.2 Å². The maximum atomic E-state index is 11.7. The van der Waals surface area contributed by atoms with Gasteiger partial charge in [0.1, 0.15) is 16.7 Å². The van der Waals surface area contributed by atoms with Crippen molar-refractivity contribution in [2.45, 2.75) is 70.7 Å². The van der Waals surface area contributed by atoms with E-state index >= 15 is 0 Å². The molecule has 1 atom stereocenters. The fourth-order valence-electron chi connectivity index (χ4n) is 4.48. The molecule has 212 valence electrons. The highest BCUT2D eigenvalue weighted by atomic mass is 32.1. The number of ether oxygens (including phenoxy) is 2. The number of nitrogens with two attached hydrogens (primary N) is 1. The van der Waals surface area contributed by atoms with Crippen molar-refractivity contribution in [2.24, 2.45) is 10.7 Å². The molecule has 1 aliphatic heterocycles. The summed E-state index contributed by atoms with van der Waals surface area (Å²) in [5, 5.41) is 3.37. The zero-order valence-corrected chi connectivity index (χ0v) is 24.6. The van der Waals surface area contributed by atoms with E-state index in [0.717, 1.165) is 54.9 Å².